The number of halogens is 2. The molecule has 2 unspecified atom stereocenters. The number of hydrogen-bond donors (Lipinski definition) is 2. The van der Waals surface area contributed by atoms with Gasteiger partial charge >= 0.3 is 5.00 Å². The summed E-state index contributed by atoms with van der Waals surface area (Å²) in [7, 11) is 0. The maximum Gasteiger partial charge on any atom is 0.324 e. The summed E-state index contributed by atoms with van der Waals surface area (Å²) >= 11 is 0.882. The first-order chi connectivity index (χ1) is 12.0. The number of carbonyl (C=O) groups excluding carboxylic acids is 1. The number of benzene rings is 1. The van der Waals surface area contributed by atoms with Gasteiger partial charge in [-0.2, -0.15) is 0 Å². The van der Waals surface area contributed by atoms with Gasteiger partial charge in [-0.3, -0.25) is 14.9 Å². The fraction of sp³-hybridized carbons (Fsp3) is 0.312. The van der Waals surface area contributed by atoms with Crippen LogP contribution in [0.2, 0.25) is 0 Å². The van der Waals surface area contributed by atoms with Crippen LogP contribution in [0.5, 0.6) is 0 Å². The van der Waals surface area contributed by atoms with Crippen molar-refractivity contribution in [3.8, 4) is 0 Å². The molecule has 2 aromatic rings. The highest BCUT2D eigenvalue weighted by molar-refractivity contribution is 7.13. The summed E-state index contributed by atoms with van der Waals surface area (Å²) in [5, 5.41) is 18.0. The van der Waals surface area contributed by atoms with E-state index in [4.69, 9.17) is 0 Å². The van der Waals surface area contributed by atoms with E-state index in [1.807, 2.05) is 0 Å². The predicted octanol–water partition coefficient (Wildman–Crippen LogP) is 2.81. The molecule has 0 spiro atoms. The maximum atomic E-state index is 13.5. The van der Waals surface area contributed by atoms with Crippen LogP contribution in [-0.2, 0) is 0 Å². The van der Waals surface area contributed by atoms with Crippen molar-refractivity contribution >= 4 is 22.2 Å². The van der Waals surface area contributed by atoms with Gasteiger partial charge in [-0.1, -0.05) is 17.4 Å². The highest BCUT2D eigenvalue weighted by Crippen LogP contribution is 2.28. The van der Waals surface area contributed by atoms with Crippen LogP contribution in [0.3, 0.4) is 0 Å². The Balaban J connectivity index is 1.77. The van der Waals surface area contributed by atoms with Gasteiger partial charge in [-0.05, 0) is 30.7 Å². The molecular formula is C16H15F2N3O3S. The van der Waals surface area contributed by atoms with E-state index in [0.717, 1.165) is 23.5 Å². The lowest BCUT2D eigenvalue weighted by atomic mass is 9.86. The lowest BCUT2D eigenvalue weighted by molar-refractivity contribution is -0.380. The van der Waals surface area contributed by atoms with Crippen molar-refractivity contribution in [2.75, 3.05) is 13.1 Å². The van der Waals surface area contributed by atoms with Crippen molar-refractivity contribution in [1.29, 1.82) is 0 Å². The van der Waals surface area contributed by atoms with Crippen LogP contribution >= 0.6 is 11.3 Å². The number of carbonyl (C=O) groups is 1. The second-order valence-corrected chi connectivity index (χ2v) is 6.67. The van der Waals surface area contributed by atoms with Crippen molar-refractivity contribution in [3.05, 3.63) is 62.5 Å². The Morgan fingerprint density at radius 3 is 2.80 bits per heavy atom. The van der Waals surface area contributed by atoms with Gasteiger partial charge < -0.3 is 10.6 Å². The summed E-state index contributed by atoms with van der Waals surface area (Å²) in [4.78, 5) is 22.5. The van der Waals surface area contributed by atoms with Crippen LogP contribution in [0.25, 0.3) is 0 Å². The van der Waals surface area contributed by atoms with Crippen LogP contribution in [0, 0.1) is 21.7 Å². The number of amides is 1. The lowest BCUT2D eigenvalue weighted by Gasteiger charge is -2.33. The average molecular weight is 367 g/mol. The highest BCUT2D eigenvalue weighted by Gasteiger charge is 2.29. The summed E-state index contributed by atoms with van der Waals surface area (Å²) in [5.41, 5.74) is 0.827. The Labute approximate surface area is 146 Å². The van der Waals surface area contributed by atoms with Crippen molar-refractivity contribution in [2.45, 2.75) is 18.4 Å². The lowest BCUT2D eigenvalue weighted by Crippen LogP contribution is -2.50. The van der Waals surface area contributed by atoms with Gasteiger partial charge in [0, 0.05) is 30.0 Å². The molecule has 2 atom stereocenters. The van der Waals surface area contributed by atoms with E-state index in [2.05, 4.69) is 10.6 Å². The van der Waals surface area contributed by atoms with E-state index in [-0.39, 0.29) is 22.5 Å². The standard InChI is InChI=1S/C16H15F2N3O3S/c17-12-2-1-9(5-13(12)18)11-3-4-19-7-14(11)20-16(22)10-6-15(21(23)24)25-8-10/h1-2,5-6,8,11,14,19H,3-4,7H2,(H,20,22). The van der Waals surface area contributed by atoms with Gasteiger partial charge in [0.25, 0.3) is 5.91 Å². The maximum absolute atomic E-state index is 13.5. The van der Waals surface area contributed by atoms with E-state index in [0.29, 0.717) is 25.1 Å². The van der Waals surface area contributed by atoms with Gasteiger partial charge in [-0.15, -0.1) is 0 Å². The molecule has 2 N–H and O–H groups in total. The third-order valence-electron chi connectivity index (χ3n) is 4.20. The van der Waals surface area contributed by atoms with Crippen molar-refractivity contribution in [2.24, 2.45) is 0 Å². The van der Waals surface area contributed by atoms with Crippen LogP contribution in [-0.4, -0.2) is 30.0 Å². The van der Waals surface area contributed by atoms with E-state index in [1.165, 1.54) is 17.5 Å². The molecule has 1 fully saturated rings. The Kier molecular flexibility index (Phi) is 5.05. The third kappa shape index (κ3) is 3.83. The van der Waals surface area contributed by atoms with E-state index >= 15 is 0 Å². The first-order valence-electron chi connectivity index (χ1n) is 7.65. The molecule has 2 heterocycles. The summed E-state index contributed by atoms with van der Waals surface area (Å²) in [5.74, 6) is -2.43. The zero-order valence-corrected chi connectivity index (χ0v) is 13.8. The van der Waals surface area contributed by atoms with Gasteiger partial charge in [0.05, 0.1) is 10.5 Å². The zero-order chi connectivity index (χ0) is 18.0. The predicted molar refractivity (Wildman–Crippen MR) is 88.8 cm³/mol. The molecule has 0 radical (unpaired) electrons. The Hall–Kier alpha value is -2.39. The number of rotatable bonds is 4. The molecule has 1 aliphatic rings. The quantitative estimate of drug-likeness (QED) is 0.643. The van der Waals surface area contributed by atoms with Crippen LogP contribution in [0.4, 0.5) is 13.8 Å². The molecule has 1 aromatic carbocycles. The van der Waals surface area contributed by atoms with Gasteiger partial charge in [0.15, 0.2) is 11.6 Å². The molecule has 0 saturated carbocycles. The number of hydrogen-bond acceptors (Lipinski definition) is 5. The molecule has 1 aliphatic heterocycles. The number of piperidine rings is 1. The molecular weight excluding hydrogens is 352 g/mol. The van der Waals surface area contributed by atoms with Crippen LogP contribution < -0.4 is 10.6 Å². The molecule has 3 rings (SSSR count). The molecule has 0 aliphatic carbocycles. The zero-order valence-electron chi connectivity index (χ0n) is 13.0. The molecule has 9 heteroatoms. The number of nitro groups is 1. The van der Waals surface area contributed by atoms with Crippen molar-refractivity contribution in [3.63, 3.8) is 0 Å². The van der Waals surface area contributed by atoms with Crippen LogP contribution in [0.1, 0.15) is 28.3 Å². The normalized spacial score (nSPS) is 20.2. The number of nitrogens with zero attached hydrogens (tertiary/aromatic N) is 1. The number of thiophene rings is 1. The highest BCUT2D eigenvalue weighted by atomic mass is 32.1. The SMILES string of the molecule is O=C(NC1CNCCC1c1ccc(F)c(F)c1)c1csc([N+](=O)[O-])c1. The van der Waals surface area contributed by atoms with Crippen molar-refractivity contribution < 1.29 is 18.5 Å². The average Bonchev–Trinajstić information content (AvgIpc) is 3.08. The van der Waals surface area contributed by atoms with E-state index < -0.39 is 22.5 Å². The molecule has 1 saturated heterocycles. The largest absolute Gasteiger partial charge is 0.347 e. The minimum atomic E-state index is -0.922. The first kappa shape index (κ1) is 17.4. The fourth-order valence-electron chi connectivity index (χ4n) is 2.94. The Morgan fingerprint density at radius 1 is 1.32 bits per heavy atom. The third-order valence-corrected chi connectivity index (χ3v) is 5.08. The number of nitrogens with one attached hydrogen (secondary N) is 2. The summed E-state index contributed by atoms with van der Waals surface area (Å²) in [6, 6.07) is 4.64. The topological polar surface area (TPSA) is 84.3 Å². The van der Waals surface area contributed by atoms with Crippen LogP contribution in [0.15, 0.2) is 29.6 Å². The summed E-state index contributed by atoms with van der Waals surface area (Å²) < 4.78 is 26.7. The van der Waals surface area contributed by atoms with E-state index in [1.54, 1.807) is 0 Å². The van der Waals surface area contributed by atoms with Gasteiger partial charge in [0.2, 0.25) is 0 Å². The minimum absolute atomic E-state index is 0.107. The van der Waals surface area contributed by atoms with Gasteiger partial charge in [0.1, 0.15) is 0 Å². The second kappa shape index (κ2) is 7.24. The fourth-order valence-corrected chi connectivity index (χ4v) is 3.65. The molecule has 1 amide bonds. The summed E-state index contributed by atoms with van der Waals surface area (Å²) in [6.07, 6.45) is 0.653. The Bertz CT molecular complexity index is 812. The molecule has 1 aromatic heterocycles. The minimum Gasteiger partial charge on any atom is -0.347 e. The smallest absolute Gasteiger partial charge is 0.324 e. The molecule has 6 nitrogen and oxygen atoms in total. The van der Waals surface area contributed by atoms with Gasteiger partial charge in [-0.25, -0.2) is 8.78 Å². The molecule has 132 valence electrons. The monoisotopic (exact) mass is 367 g/mol. The summed E-state index contributed by atoms with van der Waals surface area (Å²) in [6.45, 7) is 1.17. The van der Waals surface area contributed by atoms with E-state index in [9.17, 15) is 23.7 Å². The van der Waals surface area contributed by atoms with Crippen molar-refractivity contribution in [1.82, 2.24) is 10.6 Å². The first-order valence-corrected chi connectivity index (χ1v) is 8.53. The Morgan fingerprint density at radius 2 is 2.12 bits per heavy atom. The second-order valence-electron chi connectivity index (χ2n) is 5.78. The molecule has 25 heavy (non-hydrogen) atoms. The molecule has 0 bridgehead atoms.